The lowest BCUT2D eigenvalue weighted by atomic mass is 10.8. The van der Waals surface area contributed by atoms with E-state index >= 15 is 0 Å². The van der Waals surface area contributed by atoms with Crippen LogP contribution in [-0.2, 0) is 0 Å². The van der Waals surface area contributed by atoms with Gasteiger partial charge in [-0.1, -0.05) is 43.2 Å². The van der Waals surface area contributed by atoms with Gasteiger partial charge in [0.15, 0.2) is 0 Å². The van der Waals surface area contributed by atoms with Crippen LogP contribution in [0.15, 0.2) is 0 Å². The van der Waals surface area contributed by atoms with E-state index in [0.29, 0.717) is 0 Å². The predicted molar refractivity (Wildman–Crippen MR) is 124 cm³/mol. The minimum atomic E-state index is 0.766. The van der Waals surface area contributed by atoms with Crippen LogP contribution in [0.1, 0.15) is 0 Å². The lowest BCUT2D eigenvalue weighted by Crippen LogP contribution is -2.10. The summed E-state index contributed by atoms with van der Waals surface area (Å²) in [6, 6.07) is 0. The summed E-state index contributed by atoms with van der Waals surface area (Å²) >= 11 is 3.94. The van der Waals surface area contributed by atoms with Gasteiger partial charge in [0, 0.05) is 61.5 Å². The van der Waals surface area contributed by atoms with E-state index in [-0.39, 0.29) is 0 Å². The fourth-order valence-electron chi connectivity index (χ4n) is 0.731. The monoisotopic (exact) mass is 423 g/mol. The fraction of sp³-hybridized carbons (Fsp3) is 1.00. The minimum Gasteiger partial charge on any atom is -0.330 e. The Balaban J connectivity index is -0.000000276. The molecule has 23 heavy (non-hydrogen) atoms. The molecule has 5 nitrogen and oxygen atoms in total. The summed E-state index contributed by atoms with van der Waals surface area (Å²) < 4.78 is 0. The zero-order valence-electron chi connectivity index (χ0n) is 14.8. The van der Waals surface area contributed by atoms with Crippen molar-refractivity contribution in [3.05, 3.63) is 0 Å². The van der Waals surface area contributed by atoms with Crippen molar-refractivity contribution in [3.8, 4) is 0 Å². The van der Waals surface area contributed by atoms with Crippen molar-refractivity contribution in [1.29, 1.82) is 0 Å². The molecule has 0 saturated heterocycles. The number of nitrogens with two attached hydrogens (primary N) is 2. The molecule has 144 valence electrons. The maximum atomic E-state index is 5.25. The average molecular weight is 424 g/mol. The summed E-state index contributed by atoms with van der Waals surface area (Å²) in [7, 11) is 13.3. The molecule has 7 N–H and O–H groups in total. The van der Waals surface area contributed by atoms with Gasteiger partial charge in [-0.2, -0.15) is 12.6 Å². The molecule has 0 aliphatic rings. The smallest absolute Gasteiger partial charge is 0.0162 e. The second kappa shape index (κ2) is 34.8. The Hall–Kier alpha value is 1.55. The molecule has 0 unspecified atom stereocenters. The first-order valence-corrected chi connectivity index (χ1v) is 13.3. The maximum absolute atomic E-state index is 5.25. The van der Waals surface area contributed by atoms with Crippen LogP contribution in [0, 0.1) is 0 Å². The van der Waals surface area contributed by atoms with Crippen molar-refractivity contribution in [3.63, 3.8) is 0 Å². The van der Waals surface area contributed by atoms with E-state index < -0.39 is 0 Å². The Kier molecular flexibility index (Phi) is 44.4. The van der Waals surface area contributed by atoms with Crippen LogP contribution in [0.25, 0.3) is 0 Å². The molecule has 0 atom stereocenters. The molecule has 0 amide bonds. The molecule has 0 aromatic heterocycles. The van der Waals surface area contributed by atoms with Gasteiger partial charge in [-0.25, -0.2) is 0 Å². The average Bonchev–Trinajstić information content (AvgIpc) is 2.57. The Morgan fingerprint density at radius 3 is 1.22 bits per heavy atom. The van der Waals surface area contributed by atoms with E-state index in [1.807, 2.05) is 42.7 Å². The summed E-state index contributed by atoms with van der Waals surface area (Å²) in [4.78, 5) is 0. The van der Waals surface area contributed by atoms with Crippen LogP contribution >= 0.6 is 55.8 Å². The van der Waals surface area contributed by atoms with E-state index in [1.165, 1.54) is 11.5 Å². The van der Waals surface area contributed by atoms with Gasteiger partial charge in [0.25, 0.3) is 0 Å². The Morgan fingerprint density at radius 2 is 1.00 bits per heavy atom. The van der Waals surface area contributed by atoms with Crippen molar-refractivity contribution in [2.45, 2.75) is 0 Å². The molecule has 0 rings (SSSR count). The number of hydrogen-bond donors (Lipinski definition) is 6. The van der Waals surface area contributed by atoms with Gasteiger partial charge in [0.05, 0.1) is 0 Å². The highest BCUT2D eigenvalue weighted by molar-refractivity contribution is 8.77. The summed E-state index contributed by atoms with van der Waals surface area (Å²) in [5.41, 5.74) is 10.5. The standard InChI is InChI=1S/C6H16N2S2.C4H12N2S2.C3H9NS/c1-7-3-5-9-10-6-4-8-2;5-1-3-7-8-4-2-6;1-4-2-3-5/h7-8H,3-6H2,1-2H3;1-6H2;4-5H,2-3H2,1H3. The van der Waals surface area contributed by atoms with Gasteiger partial charge >= 0.3 is 0 Å². The molecule has 0 aromatic rings. The molecule has 0 spiro atoms. The van der Waals surface area contributed by atoms with Crippen molar-refractivity contribution in [1.82, 2.24) is 16.0 Å². The lowest BCUT2D eigenvalue weighted by Gasteiger charge is -1.99. The third-order valence-electron chi connectivity index (χ3n) is 1.80. The zero-order chi connectivity index (χ0) is 18.0. The highest BCUT2D eigenvalue weighted by Crippen LogP contribution is 2.19. The van der Waals surface area contributed by atoms with Crippen LogP contribution in [0.4, 0.5) is 0 Å². The summed E-state index contributed by atoms with van der Waals surface area (Å²) in [6.45, 7) is 4.75. The first kappa shape index (κ1) is 29.3. The van der Waals surface area contributed by atoms with Crippen molar-refractivity contribution in [2.75, 3.05) is 82.6 Å². The Bertz CT molecular complexity index is 156. The van der Waals surface area contributed by atoms with Crippen molar-refractivity contribution >= 4 is 55.8 Å². The van der Waals surface area contributed by atoms with Crippen LogP contribution in [0.3, 0.4) is 0 Å². The summed E-state index contributed by atoms with van der Waals surface area (Å²) in [5, 5.41) is 9.16. The normalized spacial score (nSPS) is 9.65. The fourth-order valence-corrected chi connectivity index (χ4v) is 4.69. The lowest BCUT2D eigenvalue weighted by molar-refractivity contribution is 0.871. The third-order valence-corrected chi connectivity index (χ3v) is 6.90. The predicted octanol–water partition coefficient (Wildman–Crippen LogP) is 1.23. The van der Waals surface area contributed by atoms with E-state index in [9.17, 15) is 0 Å². The van der Waals surface area contributed by atoms with Crippen molar-refractivity contribution < 1.29 is 0 Å². The topological polar surface area (TPSA) is 88.1 Å². The molecule has 0 aromatic carbocycles. The first-order valence-electron chi connectivity index (χ1n) is 7.68. The second-order valence-electron chi connectivity index (χ2n) is 3.90. The minimum absolute atomic E-state index is 0.766. The van der Waals surface area contributed by atoms with Gasteiger partial charge in [-0.15, -0.1) is 0 Å². The molecule has 0 aliphatic heterocycles. The van der Waals surface area contributed by atoms with Gasteiger partial charge in [0.2, 0.25) is 0 Å². The highest BCUT2D eigenvalue weighted by atomic mass is 33.1. The maximum Gasteiger partial charge on any atom is 0.0162 e. The Morgan fingerprint density at radius 1 is 0.652 bits per heavy atom. The molecule has 0 bridgehead atoms. The number of rotatable bonds is 14. The highest BCUT2D eigenvalue weighted by Gasteiger charge is 1.87. The molecular weight excluding hydrogens is 387 g/mol. The quantitative estimate of drug-likeness (QED) is 0.140. The first-order chi connectivity index (χ1) is 11.2. The SMILES string of the molecule is CNCCS.CNCCSSCCNC.NCCSSCCN. The molecule has 10 heteroatoms. The molecule has 0 saturated carbocycles. The van der Waals surface area contributed by atoms with Gasteiger partial charge in [-0.05, 0) is 21.1 Å². The zero-order valence-corrected chi connectivity index (χ0v) is 19.0. The third kappa shape index (κ3) is 45.2. The largest absolute Gasteiger partial charge is 0.330 e. The molecule has 0 heterocycles. The van der Waals surface area contributed by atoms with E-state index in [4.69, 9.17) is 11.5 Å². The van der Waals surface area contributed by atoms with E-state index in [0.717, 1.165) is 50.0 Å². The summed E-state index contributed by atoms with van der Waals surface area (Å²) in [5.74, 6) is 5.39. The Labute approximate surface area is 165 Å². The number of hydrogen-bond acceptors (Lipinski definition) is 10. The summed E-state index contributed by atoms with van der Waals surface area (Å²) in [6.07, 6.45) is 0. The van der Waals surface area contributed by atoms with Crippen molar-refractivity contribution in [2.24, 2.45) is 11.5 Å². The molecular formula is C13H37N5S5. The van der Waals surface area contributed by atoms with E-state index in [2.05, 4.69) is 28.6 Å². The van der Waals surface area contributed by atoms with Crippen LogP contribution in [-0.4, -0.2) is 82.6 Å². The van der Waals surface area contributed by atoms with E-state index in [1.54, 1.807) is 21.6 Å². The van der Waals surface area contributed by atoms with Gasteiger partial charge < -0.3 is 27.4 Å². The number of thiol groups is 1. The van der Waals surface area contributed by atoms with Gasteiger partial charge in [0.1, 0.15) is 0 Å². The van der Waals surface area contributed by atoms with Crippen LogP contribution in [0.5, 0.6) is 0 Å². The molecule has 0 radical (unpaired) electrons. The molecule has 0 aliphatic carbocycles. The number of nitrogens with one attached hydrogen (secondary N) is 3. The molecule has 0 fully saturated rings. The van der Waals surface area contributed by atoms with Crippen LogP contribution < -0.4 is 27.4 Å². The van der Waals surface area contributed by atoms with Gasteiger partial charge in [-0.3, -0.25) is 0 Å². The second-order valence-corrected chi connectivity index (χ2v) is 9.75. The van der Waals surface area contributed by atoms with Crippen LogP contribution in [0.2, 0.25) is 0 Å².